The number of aliphatic imine (C=N–C) groups is 1. The van der Waals surface area contributed by atoms with E-state index in [-0.39, 0.29) is 0 Å². The van der Waals surface area contributed by atoms with Crippen molar-refractivity contribution in [1.29, 1.82) is 5.26 Å². The van der Waals surface area contributed by atoms with Crippen molar-refractivity contribution >= 4 is 17.6 Å². The summed E-state index contributed by atoms with van der Waals surface area (Å²) in [5.41, 5.74) is 4.53. The third-order valence-corrected chi connectivity index (χ3v) is 3.12. The highest BCUT2D eigenvalue weighted by Gasteiger charge is 1.96. The van der Waals surface area contributed by atoms with Crippen molar-refractivity contribution in [1.82, 2.24) is 0 Å². The highest BCUT2D eigenvalue weighted by Crippen LogP contribution is 2.17. The van der Waals surface area contributed by atoms with E-state index in [0.29, 0.717) is 5.57 Å². The molecular formula is C18H17N3. The van der Waals surface area contributed by atoms with Crippen molar-refractivity contribution in [3.8, 4) is 6.07 Å². The van der Waals surface area contributed by atoms with Crippen LogP contribution in [0.1, 0.15) is 11.1 Å². The van der Waals surface area contributed by atoms with Gasteiger partial charge in [0.25, 0.3) is 0 Å². The van der Waals surface area contributed by atoms with E-state index in [0.717, 1.165) is 22.5 Å². The average Bonchev–Trinajstić information content (AvgIpc) is 2.50. The summed E-state index contributed by atoms with van der Waals surface area (Å²) in [6.07, 6.45) is 3.25. The Morgan fingerprint density at radius 2 is 1.71 bits per heavy atom. The molecule has 2 aromatic rings. The Labute approximate surface area is 125 Å². The van der Waals surface area contributed by atoms with Gasteiger partial charge in [0.1, 0.15) is 6.07 Å². The van der Waals surface area contributed by atoms with Gasteiger partial charge in [-0.3, -0.25) is 4.99 Å². The first-order valence-corrected chi connectivity index (χ1v) is 6.73. The molecule has 0 aliphatic carbocycles. The van der Waals surface area contributed by atoms with Crippen LogP contribution in [0, 0.1) is 25.2 Å². The van der Waals surface area contributed by atoms with Crippen molar-refractivity contribution in [2.45, 2.75) is 13.8 Å². The van der Waals surface area contributed by atoms with Gasteiger partial charge in [0.15, 0.2) is 0 Å². The number of anilines is 1. The molecule has 2 rings (SSSR count). The third kappa shape index (κ3) is 4.05. The monoisotopic (exact) mass is 275 g/mol. The largest absolute Gasteiger partial charge is 0.360 e. The average molecular weight is 275 g/mol. The van der Waals surface area contributed by atoms with Gasteiger partial charge in [-0.2, -0.15) is 5.26 Å². The van der Waals surface area contributed by atoms with Gasteiger partial charge < -0.3 is 5.32 Å². The van der Waals surface area contributed by atoms with E-state index in [1.54, 1.807) is 12.4 Å². The van der Waals surface area contributed by atoms with Crippen LogP contribution in [0.5, 0.6) is 0 Å². The van der Waals surface area contributed by atoms with Crippen LogP contribution in [0.3, 0.4) is 0 Å². The molecule has 0 heterocycles. The van der Waals surface area contributed by atoms with Crippen LogP contribution in [0.15, 0.2) is 65.3 Å². The van der Waals surface area contributed by atoms with Gasteiger partial charge in [-0.1, -0.05) is 36.4 Å². The minimum Gasteiger partial charge on any atom is -0.360 e. The molecule has 0 atom stereocenters. The summed E-state index contributed by atoms with van der Waals surface area (Å²) in [6.45, 7) is 4.01. The fraction of sp³-hybridized carbons (Fsp3) is 0.111. The number of para-hydroxylation sites is 2. The van der Waals surface area contributed by atoms with E-state index in [2.05, 4.69) is 16.4 Å². The minimum atomic E-state index is 0.474. The molecule has 104 valence electrons. The lowest BCUT2D eigenvalue weighted by atomic mass is 10.2. The fourth-order valence-corrected chi connectivity index (χ4v) is 1.84. The Hall–Kier alpha value is -2.86. The van der Waals surface area contributed by atoms with E-state index >= 15 is 0 Å². The summed E-state index contributed by atoms with van der Waals surface area (Å²) < 4.78 is 0. The highest BCUT2D eigenvalue weighted by atomic mass is 14.8. The van der Waals surface area contributed by atoms with Crippen LogP contribution in [0.4, 0.5) is 11.4 Å². The maximum atomic E-state index is 9.17. The predicted molar refractivity (Wildman–Crippen MR) is 87.8 cm³/mol. The van der Waals surface area contributed by atoms with Crippen LogP contribution < -0.4 is 5.32 Å². The van der Waals surface area contributed by atoms with Crippen molar-refractivity contribution in [3.05, 3.63) is 71.4 Å². The second-order valence-corrected chi connectivity index (χ2v) is 4.72. The molecule has 3 nitrogen and oxygen atoms in total. The lowest BCUT2D eigenvalue weighted by Crippen LogP contribution is -1.93. The molecule has 0 saturated heterocycles. The van der Waals surface area contributed by atoms with Crippen LogP contribution in [0.2, 0.25) is 0 Å². The fourth-order valence-electron chi connectivity index (χ4n) is 1.84. The first-order valence-electron chi connectivity index (χ1n) is 6.73. The number of hydrogen-bond donors (Lipinski definition) is 1. The molecule has 0 aliphatic rings. The zero-order valence-corrected chi connectivity index (χ0v) is 12.2. The Balaban J connectivity index is 2.14. The van der Waals surface area contributed by atoms with Crippen LogP contribution in [-0.2, 0) is 0 Å². The van der Waals surface area contributed by atoms with Gasteiger partial charge in [-0.25, -0.2) is 0 Å². The lowest BCUT2D eigenvalue weighted by Gasteiger charge is -2.04. The smallest absolute Gasteiger partial charge is 0.102 e. The third-order valence-electron chi connectivity index (χ3n) is 3.12. The van der Waals surface area contributed by atoms with E-state index in [1.165, 1.54) is 0 Å². The van der Waals surface area contributed by atoms with Gasteiger partial charge in [-0.15, -0.1) is 0 Å². The number of nitrogens with zero attached hydrogens (tertiary/aromatic N) is 2. The summed E-state index contributed by atoms with van der Waals surface area (Å²) in [5.74, 6) is 0. The summed E-state index contributed by atoms with van der Waals surface area (Å²) in [7, 11) is 0. The molecule has 0 unspecified atom stereocenters. The molecule has 0 fully saturated rings. The Kier molecular flexibility index (Phi) is 4.89. The second kappa shape index (κ2) is 7.06. The number of hydrogen-bond acceptors (Lipinski definition) is 3. The topological polar surface area (TPSA) is 48.2 Å². The summed E-state index contributed by atoms with van der Waals surface area (Å²) in [6, 6.07) is 17.9. The standard InChI is InChI=1S/C18H17N3/c1-14-7-3-5-9-17(14)20-12-16(11-19)13-21-18-10-6-4-8-15(18)2/h3-10,12-13,20H,1-2H3. The first kappa shape index (κ1) is 14.5. The summed E-state index contributed by atoms with van der Waals surface area (Å²) in [4.78, 5) is 4.36. The van der Waals surface area contributed by atoms with Crippen LogP contribution >= 0.6 is 0 Å². The first-order chi connectivity index (χ1) is 10.2. The molecule has 3 heteroatoms. The van der Waals surface area contributed by atoms with Gasteiger partial charge in [0.05, 0.1) is 11.3 Å². The Morgan fingerprint density at radius 3 is 2.38 bits per heavy atom. The summed E-state index contributed by atoms with van der Waals surface area (Å²) in [5, 5.41) is 12.3. The van der Waals surface area contributed by atoms with Crippen molar-refractivity contribution in [2.75, 3.05) is 5.32 Å². The predicted octanol–water partition coefficient (Wildman–Crippen LogP) is 4.53. The molecule has 1 N–H and O–H groups in total. The normalized spacial score (nSPS) is 11.4. The molecule has 2 aromatic carbocycles. The number of rotatable bonds is 4. The maximum Gasteiger partial charge on any atom is 0.102 e. The van der Waals surface area contributed by atoms with Gasteiger partial charge in [0, 0.05) is 18.1 Å². The number of aryl methyl sites for hydroxylation is 2. The minimum absolute atomic E-state index is 0.474. The maximum absolute atomic E-state index is 9.17. The molecule has 0 aromatic heterocycles. The van der Waals surface area contributed by atoms with Crippen LogP contribution in [0.25, 0.3) is 0 Å². The summed E-state index contributed by atoms with van der Waals surface area (Å²) >= 11 is 0. The van der Waals surface area contributed by atoms with Gasteiger partial charge in [0.2, 0.25) is 0 Å². The van der Waals surface area contributed by atoms with Crippen molar-refractivity contribution in [2.24, 2.45) is 4.99 Å². The van der Waals surface area contributed by atoms with Gasteiger partial charge >= 0.3 is 0 Å². The molecular weight excluding hydrogens is 258 g/mol. The number of nitrogens with one attached hydrogen (secondary N) is 1. The number of allylic oxidation sites excluding steroid dienone is 1. The molecule has 21 heavy (non-hydrogen) atoms. The number of benzene rings is 2. The van der Waals surface area contributed by atoms with E-state index in [4.69, 9.17) is 0 Å². The quantitative estimate of drug-likeness (QED) is 0.658. The molecule has 0 aliphatic heterocycles. The number of nitriles is 1. The Morgan fingerprint density at radius 1 is 1.05 bits per heavy atom. The Bertz CT molecular complexity index is 721. The molecule has 0 bridgehead atoms. The lowest BCUT2D eigenvalue weighted by molar-refractivity contribution is 1.40. The molecule has 0 radical (unpaired) electrons. The molecule has 0 amide bonds. The van der Waals surface area contributed by atoms with E-state index < -0.39 is 0 Å². The zero-order chi connectivity index (χ0) is 15.1. The molecule has 0 spiro atoms. The zero-order valence-electron chi connectivity index (χ0n) is 12.2. The van der Waals surface area contributed by atoms with Crippen molar-refractivity contribution in [3.63, 3.8) is 0 Å². The highest BCUT2D eigenvalue weighted by molar-refractivity contribution is 5.86. The van der Waals surface area contributed by atoms with E-state index in [9.17, 15) is 5.26 Å². The van der Waals surface area contributed by atoms with Crippen LogP contribution in [-0.4, -0.2) is 6.21 Å². The SMILES string of the molecule is Cc1ccccc1N=CC(C#N)=CNc1ccccc1C. The molecule has 0 saturated carbocycles. The second-order valence-electron chi connectivity index (χ2n) is 4.72. The van der Waals surface area contributed by atoms with Gasteiger partial charge in [-0.05, 0) is 37.1 Å². The van der Waals surface area contributed by atoms with Crippen molar-refractivity contribution < 1.29 is 0 Å². The van der Waals surface area contributed by atoms with E-state index in [1.807, 2.05) is 62.4 Å².